The van der Waals surface area contributed by atoms with Crippen LogP contribution in [0.1, 0.15) is 16.7 Å². The summed E-state index contributed by atoms with van der Waals surface area (Å²) in [5.74, 6) is -1.48. The molecule has 0 spiro atoms. The molecule has 7 nitrogen and oxygen atoms in total. The van der Waals surface area contributed by atoms with Crippen molar-refractivity contribution >= 4 is 50.0 Å². The van der Waals surface area contributed by atoms with Crippen molar-refractivity contribution in [1.82, 2.24) is 5.43 Å². The van der Waals surface area contributed by atoms with Crippen LogP contribution in [-0.2, 0) is 15.2 Å². The van der Waals surface area contributed by atoms with E-state index >= 15 is 0 Å². The number of aliphatic carboxylic acids is 1. The highest BCUT2D eigenvalue weighted by Gasteiger charge is 2.39. The van der Waals surface area contributed by atoms with Crippen LogP contribution in [0.4, 0.5) is 0 Å². The van der Waals surface area contributed by atoms with Crippen molar-refractivity contribution in [3.8, 4) is 5.75 Å². The molecule has 164 valence electrons. The predicted molar refractivity (Wildman–Crippen MR) is 127 cm³/mol. The molecule has 3 aromatic carbocycles. The van der Waals surface area contributed by atoms with Crippen LogP contribution in [0.2, 0.25) is 0 Å². The number of hydrogen-bond acceptors (Lipinski definition) is 5. The van der Waals surface area contributed by atoms with Gasteiger partial charge in [-0.25, -0.2) is 10.2 Å². The molecule has 3 aromatic rings. The average molecular weight is 562 g/mol. The summed E-state index contributed by atoms with van der Waals surface area (Å²) in [6, 6.07) is 20.5. The van der Waals surface area contributed by atoms with Gasteiger partial charge in [-0.2, -0.15) is 5.10 Å². The van der Waals surface area contributed by atoms with E-state index in [2.05, 4.69) is 42.4 Å². The molecule has 3 N–H and O–H groups in total. The highest BCUT2D eigenvalue weighted by Crippen LogP contribution is 2.34. The monoisotopic (exact) mass is 560 g/mol. The van der Waals surface area contributed by atoms with E-state index in [1.165, 1.54) is 6.21 Å². The van der Waals surface area contributed by atoms with Gasteiger partial charge < -0.3 is 14.9 Å². The van der Waals surface area contributed by atoms with Crippen LogP contribution < -0.4 is 10.2 Å². The lowest BCUT2D eigenvalue weighted by atomic mass is 9.85. The molecule has 32 heavy (non-hydrogen) atoms. The first-order valence-electron chi connectivity index (χ1n) is 9.33. The van der Waals surface area contributed by atoms with E-state index in [0.717, 1.165) is 0 Å². The number of rotatable bonds is 8. The van der Waals surface area contributed by atoms with Gasteiger partial charge in [-0.05, 0) is 60.7 Å². The number of nitrogens with zero attached hydrogens (tertiary/aromatic N) is 1. The Labute approximate surface area is 201 Å². The largest absolute Gasteiger partial charge is 0.480 e. The fraction of sp³-hybridized carbons (Fsp3) is 0.0870. The molecule has 0 radical (unpaired) electrons. The summed E-state index contributed by atoms with van der Waals surface area (Å²) in [5, 5.41) is 24.1. The highest BCUT2D eigenvalue weighted by atomic mass is 79.9. The highest BCUT2D eigenvalue weighted by molar-refractivity contribution is 9.11. The molecule has 3 rings (SSSR count). The van der Waals surface area contributed by atoms with Crippen LogP contribution in [0, 0.1) is 0 Å². The Morgan fingerprint density at radius 1 is 0.969 bits per heavy atom. The Bertz CT molecular complexity index is 1080. The topological polar surface area (TPSA) is 108 Å². The van der Waals surface area contributed by atoms with Crippen LogP contribution in [0.25, 0.3) is 0 Å². The van der Waals surface area contributed by atoms with Crippen molar-refractivity contribution in [2.75, 3.05) is 6.61 Å². The van der Waals surface area contributed by atoms with Gasteiger partial charge in [-0.3, -0.25) is 4.79 Å². The number of carbonyl (C=O) groups is 2. The average Bonchev–Trinajstić information content (AvgIpc) is 2.79. The molecule has 0 aliphatic carbocycles. The summed E-state index contributed by atoms with van der Waals surface area (Å²) < 4.78 is 6.24. The number of amides is 1. The molecule has 9 heteroatoms. The first-order chi connectivity index (χ1) is 15.3. The van der Waals surface area contributed by atoms with E-state index in [0.29, 0.717) is 31.4 Å². The smallest absolute Gasteiger partial charge is 0.341 e. The van der Waals surface area contributed by atoms with Gasteiger partial charge in [0.15, 0.2) is 12.2 Å². The number of benzene rings is 3. The lowest BCUT2D eigenvalue weighted by Crippen LogP contribution is -2.43. The van der Waals surface area contributed by atoms with Crippen molar-refractivity contribution in [2.24, 2.45) is 5.10 Å². The summed E-state index contributed by atoms with van der Waals surface area (Å²) in [6.45, 7) is -0.488. The first kappa shape index (κ1) is 23.6. The number of carbonyl (C=O) groups excluding carboxylic acids is 1. The predicted octanol–water partition coefficient (Wildman–Crippen LogP) is 4.06. The van der Waals surface area contributed by atoms with Gasteiger partial charge in [0.1, 0.15) is 5.75 Å². The van der Waals surface area contributed by atoms with Gasteiger partial charge in [0.05, 0.1) is 15.2 Å². The normalized spacial score (nSPS) is 11.3. The molecular formula is C23H18Br2N2O5. The second-order valence-corrected chi connectivity index (χ2v) is 8.35. The Balaban J connectivity index is 1.82. The molecule has 0 atom stereocenters. The number of carboxylic acid groups (broad SMARTS) is 1. The molecule has 0 unspecified atom stereocenters. The molecule has 0 saturated carbocycles. The maximum absolute atomic E-state index is 13.0. The van der Waals surface area contributed by atoms with E-state index in [9.17, 15) is 14.7 Å². The van der Waals surface area contributed by atoms with Gasteiger partial charge in [0.2, 0.25) is 0 Å². The maximum atomic E-state index is 13.0. The van der Waals surface area contributed by atoms with Crippen molar-refractivity contribution < 1.29 is 24.5 Å². The number of hydrazone groups is 1. The maximum Gasteiger partial charge on any atom is 0.341 e. The number of aliphatic hydroxyl groups is 1. The third-order valence-corrected chi connectivity index (χ3v) is 5.63. The second kappa shape index (κ2) is 10.5. The molecule has 0 heterocycles. The van der Waals surface area contributed by atoms with Crippen molar-refractivity contribution in [3.63, 3.8) is 0 Å². The van der Waals surface area contributed by atoms with Gasteiger partial charge in [-0.1, -0.05) is 60.7 Å². The Hall–Kier alpha value is -3.01. The zero-order valence-electron chi connectivity index (χ0n) is 16.5. The van der Waals surface area contributed by atoms with Gasteiger partial charge >= 0.3 is 5.97 Å². The number of carboxylic acids is 1. The summed E-state index contributed by atoms with van der Waals surface area (Å²) in [5.41, 5.74) is 1.87. The number of halogens is 2. The number of nitrogens with one attached hydrogen (secondary N) is 1. The van der Waals surface area contributed by atoms with Crippen molar-refractivity contribution in [1.29, 1.82) is 0 Å². The standard InChI is InChI=1S/C23H18Br2N2O5/c24-18-11-15(12-19(25)21(18)32-14-20(28)29)13-26-27-22(30)23(31,16-7-3-1-4-8-16)17-9-5-2-6-10-17/h1-13,31H,14H2,(H,27,30)(H,28,29)/b26-13+. The van der Waals surface area contributed by atoms with Gasteiger partial charge in [0, 0.05) is 0 Å². The molecule has 0 aliphatic heterocycles. The Morgan fingerprint density at radius 3 is 1.94 bits per heavy atom. The molecular weight excluding hydrogens is 544 g/mol. The third kappa shape index (κ3) is 5.42. The minimum absolute atomic E-state index is 0.330. The van der Waals surface area contributed by atoms with E-state index in [-0.39, 0.29) is 0 Å². The Morgan fingerprint density at radius 2 is 1.47 bits per heavy atom. The molecule has 1 amide bonds. The number of hydrogen-bond donors (Lipinski definition) is 3. The Kier molecular flexibility index (Phi) is 7.79. The second-order valence-electron chi connectivity index (χ2n) is 6.64. The van der Waals surface area contributed by atoms with Crippen LogP contribution in [-0.4, -0.2) is 34.9 Å². The van der Waals surface area contributed by atoms with Crippen LogP contribution in [0.5, 0.6) is 5.75 Å². The van der Waals surface area contributed by atoms with Crippen molar-refractivity contribution in [3.05, 3.63) is 98.4 Å². The van der Waals surface area contributed by atoms with E-state index in [4.69, 9.17) is 9.84 Å². The van der Waals surface area contributed by atoms with Gasteiger partial charge in [0.25, 0.3) is 5.91 Å². The van der Waals surface area contributed by atoms with Crippen molar-refractivity contribution in [2.45, 2.75) is 5.60 Å². The molecule has 0 saturated heterocycles. The number of ether oxygens (including phenoxy) is 1. The summed E-state index contributed by atoms with van der Waals surface area (Å²) in [4.78, 5) is 23.7. The zero-order chi connectivity index (χ0) is 23.1. The van der Waals surface area contributed by atoms with Crippen LogP contribution >= 0.6 is 31.9 Å². The zero-order valence-corrected chi connectivity index (χ0v) is 19.7. The van der Waals surface area contributed by atoms with E-state index in [1.807, 2.05) is 0 Å². The fourth-order valence-electron chi connectivity index (χ4n) is 2.96. The molecule has 0 bridgehead atoms. The lowest BCUT2D eigenvalue weighted by Gasteiger charge is -2.27. The van der Waals surface area contributed by atoms with Crippen LogP contribution in [0.15, 0.2) is 86.8 Å². The first-order valence-corrected chi connectivity index (χ1v) is 10.9. The quantitative estimate of drug-likeness (QED) is 0.284. The minimum atomic E-state index is -1.93. The SMILES string of the molecule is O=C(O)COc1c(Br)cc(/C=N/NC(=O)C(O)(c2ccccc2)c2ccccc2)cc1Br. The lowest BCUT2D eigenvalue weighted by molar-refractivity contribution is -0.139. The van der Waals surface area contributed by atoms with E-state index < -0.39 is 24.1 Å². The fourth-order valence-corrected chi connectivity index (χ4v) is 4.41. The van der Waals surface area contributed by atoms with E-state index in [1.54, 1.807) is 72.8 Å². The minimum Gasteiger partial charge on any atom is -0.480 e. The molecule has 0 fully saturated rings. The van der Waals surface area contributed by atoms with Gasteiger partial charge in [-0.15, -0.1) is 0 Å². The third-order valence-electron chi connectivity index (χ3n) is 4.45. The summed E-state index contributed by atoms with van der Waals surface area (Å²) >= 11 is 6.65. The molecule has 0 aliphatic rings. The van der Waals surface area contributed by atoms with Crippen LogP contribution in [0.3, 0.4) is 0 Å². The summed E-state index contributed by atoms with van der Waals surface area (Å²) in [6.07, 6.45) is 1.39. The summed E-state index contributed by atoms with van der Waals surface area (Å²) in [7, 11) is 0. The molecule has 0 aromatic heterocycles.